The molecule has 0 spiro atoms. The van der Waals surface area contributed by atoms with Crippen molar-refractivity contribution in [2.45, 2.75) is 6.54 Å². The van der Waals surface area contributed by atoms with Crippen LogP contribution in [-0.2, 0) is 6.54 Å². The van der Waals surface area contributed by atoms with Crippen LogP contribution in [0.15, 0.2) is 36.4 Å². The van der Waals surface area contributed by atoms with Gasteiger partial charge in [0.2, 0.25) is 5.75 Å². The van der Waals surface area contributed by atoms with Crippen molar-refractivity contribution in [3.8, 4) is 17.2 Å². The van der Waals surface area contributed by atoms with Gasteiger partial charge in [-0.25, -0.2) is 4.79 Å². The van der Waals surface area contributed by atoms with E-state index in [4.69, 9.17) is 5.11 Å². The highest BCUT2D eigenvalue weighted by Crippen LogP contribution is 2.37. The summed E-state index contributed by atoms with van der Waals surface area (Å²) in [6, 6.07) is 8.93. The van der Waals surface area contributed by atoms with Gasteiger partial charge in [0.1, 0.15) is 0 Å². The van der Waals surface area contributed by atoms with Gasteiger partial charge in [0, 0.05) is 17.8 Å². The van der Waals surface area contributed by atoms with E-state index in [1.807, 2.05) is 0 Å². The highest BCUT2D eigenvalue weighted by Gasteiger charge is 2.11. The van der Waals surface area contributed by atoms with Crippen molar-refractivity contribution < 1.29 is 25.2 Å². The van der Waals surface area contributed by atoms with Crippen LogP contribution >= 0.6 is 0 Å². The standard InChI is InChI=1S/C14H13NO5/c16-11-5-4-9(12(17)13(11)18)7-15-10-3-1-2-8(6-10)14(19)20/h1-6,15-18H,7H2,(H,19,20). The fraction of sp³-hybridized carbons (Fsp3) is 0.0714. The first-order valence-electron chi connectivity index (χ1n) is 5.79. The average Bonchev–Trinajstić information content (AvgIpc) is 2.44. The van der Waals surface area contributed by atoms with E-state index in [9.17, 15) is 20.1 Å². The molecule has 2 rings (SSSR count). The number of hydrogen-bond donors (Lipinski definition) is 5. The second kappa shape index (κ2) is 5.40. The zero-order valence-electron chi connectivity index (χ0n) is 10.4. The van der Waals surface area contributed by atoms with Gasteiger partial charge in [-0.3, -0.25) is 0 Å². The molecule has 0 atom stereocenters. The molecule has 0 bridgehead atoms. The van der Waals surface area contributed by atoms with E-state index in [1.165, 1.54) is 24.3 Å². The number of rotatable bonds is 4. The zero-order valence-corrected chi connectivity index (χ0v) is 10.4. The van der Waals surface area contributed by atoms with Crippen LogP contribution in [0.4, 0.5) is 5.69 Å². The number of anilines is 1. The molecule has 0 heterocycles. The summed E-state index contributed by atoms with van der Waals surface area (Å²) in [5.74, 6) is -2.42. The van der Waals surface area contributed by atoms with Gasteiger partial charge < -0.3 is 25.7 Å². The average molecular weight is 275 g/mol. The number of phenols is 3. The number of aromatic carboxylic acids is 1. The predicted molar refractivity (Wildman–Crippen MR) is 72.2 cm³/mol. The molecule has 0 saturated heterocycles. The Labute approximate surface area is 114 Å². The van der Waals surface area contributed by atoms with Crippen LogP contribution in [0.5, 0.6) is 17.2 Å². The predicted octanol–water partition coefficient (Wildman–Crippen LogP) is 2.11. The van der Waals surface area contributed by atoms with E-state index in [2.05, 4.69) is 5.32 Å². The number of carboxylic acid groups (broad SMARTS) is 1. The molecule has 2 aromatic carbocycles. The van der Waals surface area contributed by atoms with Gasteiger partial charge in [0.15, 0.2) is 11.5 Å². The molecule has 0 saturated carbocycles. The molecular formula is C14H13NO5. The summed E-state index contributed by atoms with van der Waals surface area (Å²) in [5.41, 5.74) is 1.09. The largest absolute Gasteiger partial charge is 0.504 e. The Morgan fingerprint density at radius 3 is 2.50 bits per heavy atom. The molecule has 6 nitrogen and oxygen atoms in total. The molecule has 0 aliphatic rings. The lowest BCUT2D eigenvalue weighted by Crippen LogP contribution is -2.02. The molecule has 0 fully saturated rings. The minimum absolute atomic E-state index is 0.146. The van der Waals surface area contributed by atoms with Gasteiger partial charge in [-0.1, -0.05) is 6.07 Å². The maximum atomic E-state index is 10.8. The van der Waals surface area contributed by atoms with Crippen LogP contribution in [-0.4, -0.2) is 26.4 Å². The van der Waals surface area contributed by atoms with Crippen molar-refractivity contribution in [2.24, 2.45) is 0 Å². The van der Waals surface area contributed by atoms with Crippen LogP contribution in [0.2, 0.25) is 0 Å². The van der Waals surface area contributed by atoms with Gasteiger partial charge in [0.05, 0.1) is 5.56 Å². The SMILES string of the molecule is O=C(O)c1cccc(NCc2ccc(O)c(O)c2O)c1. The summed E-state index contributed by atoms with van der Waals surface area (Å²) in [4.78, 5) is 10.8. The van der Waals surface area contributed by atoms with Crippen LogP contribution in [0, 0.1) is 0 Å². The molecule has 0 radical (unpaired) electrons. The van der Waals surface area contributed by atoms with Crippen LogP contribution in [0.3, 0.4) is 0 Å². The summed E-state index contributed by atoms with van der Waals surface area (Å²) in [6.07, 6.45) is 0. The fourth-order valence-corrected chi connectivity index (χ4v) is 1.71. The minimum Gasteiger partial charge on any atom is -0.504 e. The first kappa shape index (κ1) is 13.5. The number of carboxylic acids is 1. The van der Waals surface area contributed by atoms with Gasteiger partial charge in [-0.05, 0) is 30.3 Å². The zero-order chi connectivity index (χ0) is 14.7. The number of hydrogen-bond acceptors (Lipinski definition) is 5. The topological polar surface area (TPSA) is 110 Å². The number of nitrogens with one attached hydrogen (secondary N) is 1. The first-order chi connectivity index (χ1) is 9.49. The van der Waals surface area contributed by atoms with Crippen molar-refractivity contribution in [1.29, 1.82) is 0 Å². The Morgan fingerprint density at radius 2 is 1.80 bits per heavy atom. The summed E-state index contributed by atoms with van der Waals surface area (Å²) in [5, 5.41) is 40.1. The van der Waals surface area contributed by atoms with E-state index in [1.54, 1.807) is 12.1 Å². The number of aromatic hydroxyl groups is 3. The van der Waals surface area contributed by atoms with Gasteiger partial charge in [0.25, 0.3) is 0 Å². The highest BCUT2D eigenvalue weighted by atomic mass is 16.4. The van der Waals surface area contributed by atoms with Crippen LogP contribution < -0.4 is 5.32 Å². The van der Waals surface area contributed by atoms with Crippen molar-refractivity contribution >= 4 is 11.7 Å². The molecule has 0 amide bonds. The monoisotopic (exact) mass is 275 g/mol. The van der Waals surface area contributed by atoms with E-state index >= 15 is 0 Å². The van der Waals surface area contributed by atoms with E-state index in [0.717, 1.165) is 0 Å². The molecule has 0 aromatic heterocycles. The third-order valence-electron chi connectivity index (χ3n) is 2.81. The lowest BCUT2D eigenvalue weighted by atomic mass is 10.1. The van der Waals surface area contributed by atoms with Crippen molar-refractivity contribution in [3.05, 3.63) is 47.5 Å². The molecule has 0 aliphatic heterocycles. The number of carbonyl (C=O) groups is 1. The van der Waals surface area contributed by atoms with E-state index < -0.39 is 23.2 Å². The normalized spacial score (nSPS) is 10.2. The second-order valence-corrected chi connectivity index (χ2v) is 4.18. The third-order valence-corrected chi connectivity index (χ3v) is 2.81. The third kappa shape index (κ3) is 2.74. The number of benzene rings is 2. The second-order valence-electron chi connectivity index (χ2n) is 4.18. The molecule has 20 heavy (non-hydrogen) atoms. The van der Waals surface area contributed by atoms with Crippen molar-refractivity contribution in [3.63, 3.8) is 0 Å². The Bertz CT molecular complexity index is 654. The van der Waals surface area contributed by atoms with Crippen molar-refractivity contribution in [2.75, 3.05) is 5.32 Å². The van der Waals surface area contributed by atoms with Gasteiger partial charge >= 0.3 is 5.97 Å². The Hall–Kier alpha value is -2.89. The maximum absolute atomic E-state index is 10.8. The van der Waals surface area contributed by atoms with E-state index in [0.29, 0.717) is 11.3 Å². The summed E-state index contributed by atoms with van der Waals surface area (Å²) < 4.78 is 0. The Balaban J connectivity index is 2.15. The van der Waals surface area contributed by atoms with Crippen LogP contribution in [0.25, 0.3) is 0 Å². The van der Waals surface area contributed by atoms with Crippen LogP contribution in [0.1, 0.15) is 15.9 Å². The summed E-state index contributed by atoms with van der Waals surface area (Å²) in [7, 11) is 0. The first-order valence-corrected chi connectivity index (χ1v) is 5.79. The molecular weight excluding hydrogens is 262 g/mol. The molecule has 6 heteroatoms. The number of phenolic OH excluding ortho intramolecular Hbond substituents is 3. The molecule has 0 aliphatic carbocycles. The lowest BCUT2D eigenvalue weighted by Gasteiger charge is -2.10. The maximum Gasteiger partial charge on any atom is 0.335 e. The summed E-state index contributed by atoms with van der Waals surface area (Å²) >= 11 is 0. The lowest BCUT2D eigenvalue weighted by molar-refractivity contribution is 0.0697. The van der Waals surface area contributed by atoms with Gasteiger partial charge in [-0.2, -0.15) is 0 Å². The molecule has 5 N–H and O–H groups in total. The Kier molecular flexibility index (Phi) is 3.65. The molecule has 104 valence electrons. The molecule has 0 unspecified atom stereocenters. The van der Waals surface area contributed by atoms with E-state index in [-0.39, 0.29) is 12.1 Å². The molecule has 2 aromatic rings. The van der Waals surface area contributed by atoms with Crippen molar-refractivity contribution in [1.82, 2.24) is 0 Å². The summed E-state index contributed by atoms with van der Waals surface area (Å²) in [6.45, 7) is 0.169. The Morgan fingerprint density at radius 1 is 1.05 bits per heavy atom. The highest BCUT2D eigenvalue weighted by molar-refractivity contribution is 5.88. The smallest absolute Gasteiger partial charge is 0.335 e. The minimum atomic E-state index is -1.03. The quantitative estimate of drug-likeness (QED) is 0.547. The fourth-order valence-electron chi connectivity index (χ4n) is 1.71. The van der Waals surface area contributed by atoms with Gasteiger partial charge in [-0.15, -0.1) is 0 Å².